The van der Waals surface area contributed by atoms with Crippen molar-refractivity contribution < 1.29 is 14.6 Å². The lowest BCUT2D eigenvalue weighted by Gasteiger charge is -2.33. The number of carbonyl (C=O) groups is 1. The van der Waals surface area contributed by atoms with Crippen molar-refractivity contribution in [3.63, 3.8) is 0 Å². The second-order valence-electron chi connectivity index (χ2n) is 4.61. The van der Waals surface area contributed by atoms with Crippen LogP contribution in [0.2, 0.25) is 0 Å². The minimum atomic E-state index is -1.12. The molecule has 16 heavy (non-hydrogen) atoms. The summed E-state index contributed by atoms with van der Waals surface area (Å²) in [5.41, 5.74) is 3.61. The lowest BCUT2D eigenvalue weighted by Crippen LogP contribution is -2.36. The van der Waals surface area contributed by atoms with Gasteiger partial charge in [-0.3, -0.25) is 4.79 Å². The first-order chi connectivity index (χ1) is 7.44. The van der Waals surface area contributed by atoms with E-state index in [-0.39, 0.29) is 0 Å². The van der Waals surface area contributed by atoms with Crippen LogP contribution in [-0.2, 0) is 6.42 Å². The fourth-order valence-corrected chi connectivity index (χ4v) is 2.09. The summed E-state index contributed by atoms with van der Waals surface area (Å²) in [4.78, 5) is 11.0. The third-order valence-corrected chi connectivity index (χ3v) is 3.21. The van der Waals surface area contributed by atoms with Gasteiger partial charge in [-0.15, -0.1) is 0 Å². The normalized spacial score (nSPS) is 23.5. The van der Waals surface area contributed by atoms with Crippen molar-refractivity contribution in [1.29, 1.82) is 0 Å². The standard InChI is InChI=1S/C13H16O3/c1-8-6-10(7-14)11-4-5-13(3,15)16-12(11)9(8)2/h6-7,15H,4-5H2,1-3H3. The maximum Gasteiger partial charge on any atom is 0.205 e. The molecule has 0 amide bonds. The van der Waals surface area contributed by atoms with Crippen molar-refractivity contribution in [1.82, 2.24) is 0 Å². The Labute approximate surface area is 95.0 Å². The Hall–Kier alpha value is -1.35. The maximum atomic E-state index is 11.0. The van der Waals surface area contributed by atoms with Crippen LogP contribution in [0.1, 0.15) is 40.4 Å². The summed E-state index contributed by atoms with van der Waals surface area (Å²) in [5.74, 6) is -0.440. The summed E-state index contributed by atoms with van der Waals surface area (Å²) >= 11 is 0. The molecule has 0 saturated carbocycles. The van der Waals surface area contributed by atoms with Crippen LogP contribution in [0.4, 0.5) is 0 Å². The summed E-state index contributed by atoms with van der Waals surface area (Å²) in [6.45, 7) is 5.54. The highest BCUT2D eigenvalue weighted by Gasteiger charge is 2.31. The van der Waals surface area contributed by atoms with E-state index in [2.05, 4.69) is 0 Å². The summed E-state index contributed by atoms with van der Waals surface area (Å²) in [6, 6.07) is 1.88. The molecule has 1 heterocycles. The minimum absolute atomic E-state index is 0.517. The van der Waals surface area contributed by atoms with Gasteiger partial charge in [-0.1, -0.05) is 0 Å². The molecular weight excluding hydrogens is 204 g/mol. The molecule has 0 aromatic heterocycles. The number of aryl methyl sites for hydroxylation is 1. The number of fused-ring (bicyclic) bond motifs is 1. The zero-order valence-electron chi connectivity index (χ0n) is 9.83. The van der Waals surface area contributed by atoms with E-state index in [0.717, 1.165) is 23.0 Å². The highest BCUT2D eigenvalue weighted by atomic mass is 16.6. The molecule has 3 heteroatoms. The first-order valence-electron chi connectivity index (χ1n) is 5.44. The third-order valence-electron chi connectivity index (χ3n) is 3.21. The van der Waals surface area contributed by atoms with Crippen molar-refractivity contribution >= 4 is 6.29 Å². The average molecular weight is 220 g/mol. The number of aliphatic hydroxyl groups is 1. The fourth-order valence-electron chi connectivity index (χ4n) is 2.09. The van der Waals surface area contributed by atoms with Gasteiger partial charge in [0.1, 0.15) is 12.0 Å². The zero-order valence-corrected chi connectivity index (χ0v) is 9.83. The molecule has 0 bridgehead atoms. The number of hydrogen-bond acceptors (Lipinski definition) is 3. The van der Waals surface area contributed by atoms with Gasteiger partial charge < -0.3 is 9.84 Å². The van der Waals surface area contributed by atoms with Crippen molar-refractivity contribution in [2.75, 3.05) is 0 Å². The summed E-state index contributed by atoms with van der Waals surface area (Å²) in [7, 11) is 0. The van der Waals surface area contributed by atoms with E-state index in [1.165, 1.54) is 0 Å². The Morgan fingerprint density at radius 3 is 2.81 bits per heavy atom. The van der Waals surface area contributed by atoms with Gasteiger partial charge in [0, 0.05) is 24.5 Å². The van der Waals surface area contributed by atoms with Crippen molar-refractivity contribution in [2.24, 2.45) is 0 Å². The predicted octanol–water partition coefficient (Wildman–Crippen LogP) is 2.15. The zero-order chi connectivity index (χ0) is 11.9. The molecule has 1 aromatic rings. The molecule has 0 aliphatic carbocycles. The second-order valence-corrected chi connectivity index (χ2v) is 4.61. The predicted molar refractivity (Wildman–Crippen MR) is 60.9 cm³/mol. The van der Waals surface area contributed by atoms with E-state index in [1.807, 2.05) is 19.9 Å². The van der Waals surface area contributed by atoms with Crippen molar-refractivity contribution in [2.45, 2.75) is 39.4 Å². The summed E-state index contributed by atoms with van der Waals surface area (Å²) < 4.78 is 5.57. The monoisotopic (exact) mass is 220 g/mol. The van der Waals surface area contributed by atoms with Gasteiger partial charge >= 0.3 is 0 Å². The highest BCUT2D eigenvalue weighted by molar-refractivity contribution is 5.80. The first kappa shape index (κ1) is 11.1. The Morgan fingerprint density at radius 1 is 1.50 bits per heavy atom. The van der Waals surface area contributed by atoms with E-state index in [1.54, 1.807) is 6.92 Å². The number of benzene rings is 1. The third kappa shape index (κ3) is 1.71. The van der Waals surface area contributed by atoms with Gasteiger partial charge in [0.05, 0.1) is 0 Å². The van der Waals surface area contributed by atoms with Crippen LogP contribution >= 0.6 is 0 Å². The molecule has 1 aliphatic heterocycles. The van der Waals surface area contributed by atoms with Crippen LogP contribution < -0.4 is 4.74 Å². The molecule has 1 aliphatic rings. The van der Waals surface area contributed by atoms with Crippen LogP contribution in [-0.4, -0.2) is 17.2 Å². The quantitative estimate of drug-likeness (QED) is 0.738. The molecular formula is C13H16O3. The second kappa shape index (κ2) is 3.59. The van der Waals surface area contributed by atoms with Crippen molar-refractivity contribution in [3.05, 3.63) is 28.3 Å². The Morgan fingerprint density at radius 2 is 2.19 bits per heavy atom. The molecule has 0 radical (unpaired) electrons. The van der Waals surface area contributed by atoms with E-state index in [0.29, 0.717) is 24.2 Å². The van der Waals surface area contributed by atoms with Gasteiger partial charge in [0.2, 0.25) is 5.79 Å². The van der Waals surface area contributed by atoms with Gasteiger partial charge in [0.25, 0.3) is 0 Å². The lowest BCUT2D eigenvalue weighted by molar-refractivity contribution is -0.134. The number of carbonyl (C=O) groups excluding carboxylic acids is 1. The van der Waals surface area contributed by atoms with Crippen LogP contribution in [0.3, 0.4) is 0 Å². The van der Waals surface area contributed by atoms with Gasteiger partial charge in [0.15, 0.2) is 0 Å². The SMILES string of the molecule is Cc1cc(C=O)c2c(c1C)OC(C)(O)CC2. The summed E-state index contributed by atoms with van der Waals surface area (Å²) in [6.07, 6.45) is 2.05. The van der Waals surface area contributed by atoms with Crippen LogP contribution in [0.15, 0.2) is 6.07 Å². The fraction of sp³-hybridized carbons (Fsp3) is 0.462. The summed E-state index contributed by atoms with van der Waals surface area (Å²) in [5, 5.41) is 9.89. The van der Waals surface area contributed by atoms with E-state index in [4.69, 9.17) is 4.74 Å². The molecule has 0 saturated heterocycles. The highest BCUT2D eigenvalue weighted by Crippen LogP contribution is 2.37. The molecule has 86 valence electrons. The Balaban J connectivity index is 2.62. The molecule has 3 nitrogen and oxygen atoms in total. The molecule has 1 N–H and O–H groups in total. The van der Waals surface area contributed by atoms with E-state index in [9.17, 15) is 9.90 Å². The molecule has 1 aromatic carbocycles. The number of hydrogen-bond donors (Lipinski definition) is 1. The van der Waals surface area contributed by atoms with E-state index >= 15 is 0 Å². The first-order valence-corrected chi connectivity index (χ1v) is 5.44. The molecule has 1 unspecified atom stereocenters. The Bertz CT molecular complexity index is 447. The van der Waals surface area contributed by atoms with Gasteiger partial charge in [-0.2, -0.15) is 0 Å². The molecule has 2 rings (SSSR count). The molecule has 0 spiro atoms. The largest absolute Gasteiger partial charge is 0.462 e. The lowest BCUT2D eigenvalue weighted by atomic mass is 9.92. The molecule has 0 fully saturated rings. The molecule has 1 atom stereocenters. The topological polar surface area (TPSA) is 46.5 Å². The van der Waals surface area contributed by atoms with Gasteiger partial charge in [-0.05, 0) is 37.5 Å². The van der Waals surface area contributed by atoms with Gasteiger partial charge in [-0.25, -0.2) is 0 Å². The maximum absolute atomic E-state index is 11.0. The minimum Gasteiger partial charge on any atom is -0.462 e. The van der Waals surface area contributed by atoms with Crippen LogP contribution in [0.25, 0.3) is 0 Å². The number of rotatable bonds is 1. The van der Waals surface area contributed by atoms with Crippen LogP contribution in [0, 0.1) is 13.8 Å². The Kier molecular flexibility index (Phi) is 2.50. The average Bonchev–Trinajstić information content (AvgIpc) is 2.22. The van der Waals surface area contributed by atoms with Crippen molar-refractivity contribution in [3.8, 4) is 5.75 Å². The number of aldehydes is 1. The number of ether oxygens (including phenoxy) is 1. The van der Waals surface area contributed by atoms with Crippen LogP contribution in [0.5, 0.6) is 5.75 Å². The van der Waals surface area contributed by atoms with E-state index < -0.39 is 5.79 Å². The smallest absolute Gasteiger partial charge is 0.205 e.